The van der Waals surface area contributed by atoms with Crippen LogP contribution >= 0.6 is 0 Å². The number of oxime groups is 1. The number of benzene rings is 1. The largest absolute Gasteiger partial charge is 0.486 e. The Bertz CT molecular complexity index is 484. The first kappa shape index (κ1) is 13.2. The second kappa shape index (κ2) is 5.60. The maximum Gasteiger partial charge on any atom is 0.227 e. The van der Waals surface area contributed by atoms with Crippen molar-refractivity contribution in [2.24, 2.45) is 22.7 Å². The van der Waals surface area contributed by atoms with Gasteiger partial charge in [0.05, 0.1) is 0 Å². The van der Waals surface area contributed by atoms with E-state index >= 15 is 0 Å². The number of nitrogens with two attached hydrogens (primary N) is 1. The summed E-state index contributed by atoms with van der Waals surface area (Å²) in [7, 11) is 0. The molecule has 6 nitrogen and oxygen atoms in total. The van der Waals surface area contributed by atoms with Gasteiger partial charge in [-0.2, -0.15) is 0 Å². The number of carbonyl (C=O) groups excluding carboxylic acids is 1. The number of hydrogen-bond acceptors (Lipinski definition) is 4. The fourth-order valence-corrected chi connectivity index (χ4v) is 1.74. The van der Waals surface area contributed by atoms with E-state index in [2.05, 4.69) is 17.4 Å². The molecule has 0 aliphatic heterocycles. The van der Waals surface area contributed by atoms with Gasteiger partial charge in [-0.1, -0.05) is 12.1 Å². The fourth-order valence-electron chi connectivity index (χ4n) is 1.74. The molecule has 2 rings (SSSR count). The van der Waals surface area contributed by atoms with Crippen LogP contribution in [0.5, 0.6) is 5.75 Å². The number of hydrogen-bond donors (Lipinski definition) is 3. The van der Waals surface area contributed by atoms with Crippen LogP contribution in [0.15, 0.2) is 29.4 Å². The summed E-state index contributed by atoms with van der Waals surface area (Å²) in [6, 6.07) is 6.95. The summed E-state index contributed by atoms with van der Waals surface area (Å²) < 4.78 is 5.27. The van der Waals surface area contributed by atoms with Crippen molar-refractivity contribution in [2.45, 2.75) is 13.3 Å². The van der Waals surface area contributed by atoms with Gasteiger partial charge in [0.15, 0.2) is 5.84 Å². The van der Waals surface area contributed by atoms with Crippen molar-refractivity contribution in [1.82, 2.24) is 0 Å². The Balaban J connectivity index is 1.86. The molecule has 1 saturated carbocycles. The second-order valence-corrected chi connectivity index (χ2v) is 4.71. The molecule has 4 N–H and O–H groups in total. The molecule has 1 aliphatic carbocycles. The minimum atomic E-state index is 0.0000929. The molecule has 0 radical (unpaired) electrons. The van der Waals surface area contributed by atoms with E-state index in [-0.39, 0.29) is 24.3 Å². The van der Waals surface area contributed by atoms with E-state index in [4.69, 9.17) is 15.7 Å². The van der Waals surface area contributed by atoms with Gasteiger partial charge in [-0.05, 0) is 36.6 Å². The van der Waals surface area contributed by atoms with Crippen LogP contribution in [0.4, 0.5) is 5.69 Å². The lowest BCUT2D eigenvalue weighted by atomic mass is 10.2. The van der Waals surface area contributed by atoms with Gasteiger partial charge in [0, 0.05) is 11.6 Å². The lowest BCUT2D eigenvalue weighted by Gasteiger charge is -2.07. The highest BCUT2D eigenvalue weighted by atomic mass is 16.5. The van der Waals surface area contributed by atoms with Gasteiger partial charge >= 0.3 is 0 Å². The predicted molar refractivity (Wildman–Crippen MR) is 71.2 cm³/mol. The van der Waals surface area contributed by atoms with Crippen LogP contribution in [0.3, 0.4) is 0 Å². The molecule has 1 amide bonds. The number of amides is 1. The van der Waals surface area contributed by atoms with E-state index in [1.165, 1.54) is 0 Å². The van der Waals surface area contributed by atoms with Gasteiger partial charge in [0.25, 0.3) is 0 Å². The molecule has 19 heavy (non-hydrogen) atoms. The molecule has 0 saturated heterocycles. The summed E-state index contributed by atoms with van der Waals surface area (Å²) in [5, 5.41) is 14.0. The first-order valence-corrected chi connectivity index (χ1v) is 6.10. The van der Waals surface area contributed by atoms with Crippen LogP contribution in [-0.2, 0) is 4.79 Å². The maximum atomic E-state index is 11.7. The average molecular weight is 263 g/mol. The normalized spacial score (nSPS) is 21.8. The standard InChI is InChI=1S/C13H17N3O3/c1-8-6-11(8)13(17)15-9-2-4-10(5-3-9)19-7-12(14)16-18/h2-5,8,11,18H,6-7H2,1H3,(H2,14,16)(H,15,17). The monoisotopic (exact) mass is 263 g/mol. The molecule has 0 bridgehead atoms. The third-order valence-electron chi connectivity index (χ3n) is 3.08. The molecule has 1 aliphatic rings. The van der Waals surface area contributed by atoms with Gasteiger partial charge in [-0.3, -0.25) is 4.79 Å². The average Bonchev–Trinajstić information content (AvgIpc) is 3.15. The topological polar surface area (TPSA) is 96.9 Å². The van der Waals surface area contributed by atoms with E-state index in [0.717, 1.165) is 12.1 Å². The number of nitrogens with zero attached hydrogens (tertiary/aromatic N) is 1. The Kier molecular flexibility index (Phi) is 3.89. The van der Waals surface area contributed by atoms with Crippen LogP contribution in [-0.4, -0.2) is 23.6 Å². The van der Waals surface area contributed by atoms with Crippen molar-refractivity contribution in [1.29, 1.82) is 0 Å². The summed E-state index contributed by atoms with van der Waals surface area (Å²) in [6.45, 7) is 2.08. The van der Waals surface area contributed by atoms with Crippen molar-refractivity contribution in [3.8, 4) is 5.75 Å². The number of amidine groups is 1. The first-order valence-electron chi connectivity index (χ1n) is 6.10. The van der Waals surface area contributed by atoms with E-state index in [0.29, 0.717) is 11.7 Å². The van der Waals surface area contributed by atoms with Crippen molar-refractivity contribution in [3.05, 3.63) is 24.3 Å². The summed E-state index contributed by atoms with van der Waals surface area (Å²) in [5.74, 6) is 1.29. The number of nitrogens with one attached hydrogen (secondary N) is 1. The molecule has 0 aromatic heterocycles. The molecule has 0 spiro atoms. The maximum absolute atomic E-state index is 11.7. The van der Waals surface area contributed by atoms with E-state index in [1.54, 1.807) is 24.3 Å². The Labute approximate surface area is 111 Å². The molecular formula is C13H17N3O3. The quantitative estimate of drug-likeness (QED) is 0.324. The van der Waals surface area contributed by atoms with Crippen LogP contribution < -0.4 is 15.8 Å². The van der Waals surface area contributed by atoms with Crippen LogP contribution in [0.25, 0.3) is 0 Å². The van der Waals surface area contributed by atoms with Gasteiger partial charge in [0.2, 0.25) is 5.91 Å². The summed E-state index contributed by atoms with van der Waals surface area (Å²) >= 11 is 0. The van der Waals surface area contributed by atoms with Crippen molar-refractivity contribution < 1.29 is 14.7 Å². The Hall–Kier alpha value is -2.24. The smallest absolute Gasteiger partial charge is 0.227 e. The Morgan fingerprint density at radius 2 is 2.16 bits per heavy atom. The number of rotatable bonds is 5. The first-order chi connectivity index (χ1) is 9.10. The Morgan fingerprint density at radius 3 is 2.68 bits per heavy atom. The van der Waals surface area contributed by atoms with E-state index in [9.17, 15) is 4.79 Å². The molecule has 1 aromatic carbocycles. The third-order valence-corrected chi connectivity index (χ3v) is 3.08. The number of carbonyl (C=O) groups is 1. The zero-order chi connectivity index (χ0) is 13.8. The minimum absolute atomic E-state index is 0.0000929. The van der Waals surface area contributed by atoms with Gasteiger partial charge in [0.1, 0.15) is 12.4 Å². The highest BCUT2D eigenvalue weighted by Crippen LogP contribution is 2.38. The minimum Gasteiger partial charge on any atom is -0.486 e. The van der Waals surface area contributed by atoms with Gasteiger partial charge < -0.3 is 21.0 Å². The zero-order valence-electron chi connectivity index (χ0n) is 10.7. The Morgan fingerprint density at radius 1 is 1.53 bits per heavy atom. The van der Waals surface area contributed by atoms with Gasteiger partial charge in [-0.15, -0.1) is 0 Å². The van der Waals surface area contributed by atoms with Crippen molar-refractivity contribution >= 4 is 17.4 Å². The van der Waals surface area contributed by atoms with Crippen LogP contribution in [0.1, 0.15) is 13.3 Å². The third kappa shape index (κ3) is 3.61. The lowest BCUT2D eigenvalue weighted by Crippen LogP contribution is -2.20. The molecule has 0 heterocycles. The number of anilines is 1. The SMILES string of the molecule is CC1CC1C(=O)Nc1ccc(OC/C(N)=N/O)cc1. The summed E-state index contributed by atoms with van der Waals surface area (Å²) in [6.07, 6.45) is 0.965. The number of ether oxygens (including phenoxy) is 1. The summed E-state index contributed by atoms with van der Waals surface area (Å²) in [4.78, 5) is 11.7. The highest BCUT2D eigenvalue weighted by molar-refractivity contribution is 5.94. The molecule has 2 atom stereocenters. The molecule has 1 fully saturated rings. The molecular weight excluding hydrogens is 246 g/mol. The molecule has 6 heteroatoms. The van der Waals surface area contributed by atoms with Gasteiger partial charge in [-0.25, -0.2) is 0 Å². The van der Waals surface area contributed by atoms with Crippen molar-refractivity contribution in [2.75, 3.05) is 11.9 Å². The predicted octanol–water partition coefficient (Wildman–Crippen LogP) is 1.41. The molecule has 102 valence electrons. The molecule has 2 unspecified atom stereocenters. The fraction of sp³-hybridized carbons (Fsp3) is 0.385. The lowest BCUT2D eigenvalue weighted by molar-refractivity contribution is -0.117. The van der Waals surface area contributed by atoms with Crippen LogP contribution in [0.2, 0.25) is 0 Å². The van der Waals surface area contributed by atoms with Crippen LogP contribution in [0, 0.1) is 11.8 Å². The zero-order valence-corrected chi connectivity index (χ0v) is 10.7. The second-order valence-electron chi connectivity index (χ2n) is 4.71. The van der Waals surface area contributed by atoms with Crippen molar-refractivity contribution in [3.63, 3.8) is 0 Å². The van der Waals surface area contributed by atoms with E-state index < -0.39 is 0 Å². The van der Waals surface area contributed by atoms with E-state index in [1.807, 2.05) is 0 Å². The highest BCUT2D eigenvalue weighted by Gasteiger charge is 2.38. The summed E-state index contributed by atoms with van der Waals surface area (Å²) in [5.41, 5.74) is 6.02. The molecule has 1 aromatic rings.